The van der Waals surface area contributed by atoms with Gasteiger partial charge in [0.25, 0.3) is 5.91 Å². The first-order chi connectivity index (χ1) is 10.1. The molecule has 2 heterocycles. The van der Waals surface area contributed by atoms with Gasteiger partial charge in [-0.2, -0.15) is 0 Å². The summed E-state index contributed by atoms with van der Waals surface area (Å²) < 4.78 is 7.05. The van der Waals surface area contributed by atoms with E-state index < -0.39 is 0 Å². The van der Waals surface area contributed by atoms with Crippen molar-refractivity contribution in [2.45, 2.75) is 6.92 Å². The molecule has 2 rings (SSSR count). The maximum absolute atomic E-state index is 12.7. The SMILES string of the molecule is C=CCN(CC=C)C(=O)c1c(C)nc2c(OC)cccn12. The summed E-state index contributed by atoms with van der Waals surface area (Å²) in [5, 5.41) is 0. The monoisotopic (exact) mass is 285 g/mol. The highest BCUT2D eigenvalue weighted by molar-refractivity contribution is 5.95. The molecule has 0 aromatic carbocycles. The Bertz CT molecular complexity index is 678. The summed E-state index contributed by atoms with van der Waals surface area (Å²) in [6.07, 6.45) is 5.20. The first-order valence-corrected chi connectivity index (χ1v) is 6.66. The van der Waals surface area contributed by atoms with Gasteiger partial charge in [-0.1, -0.05) is 12.2 Å². The molecule has 0 N–H and O–H groups in total. The first kappa shape index (κ1) is 14.8. The summed E-state index contributed by atoms with van der Waals surface area (Å²) in [5.41, 5.74) is 1.84. The fourth-order valence-electron chi connectivity index (χ4n) is 2.27. The van der Waals surface area contributed by atoms with Gasteiger partial charge < -0.3 is 9.64 Å². The van der Waals surface area contributed by atoms with Crippen LogP contribution in [0.25, 0.3) is 5.65 Å². The van der Waals surface area contributed by atoms with Crippen LogP contribution in [-0.2, 0) is 0 Å². The minimum Gasteiger partial charge on any atom is -0.493 e. The van der Waals surface area contributed by atoms with Gasteiger partial charge in [0.15, 0.2) is 11.4 Å². The average molecular weight is 285 g/mol. The lowest BCUT2D eigenvalue weighted by Gasteiger charge is -2.19. The summed E-state index contributed by atoms with van der Waals surface area (Å²) in [6, 6.07) is 3.65. The van der Waals surface area contributed by atoms with E-state index in [-0.39, 0.29) is 5.91 Å². The Kier molecular flexibility index (Phi) is 4.42. The number of fused-ring (bicyclic) bond motifs is 1. The molecule has 0 unspecified atom stereocenters. The lowest BCUT2D eigenvalue weighted by Crippen LogP contribution is -2.32. The number of hydrogen-bond donors (Lipinski definition) is 0. The molecule has 21 heavy (non-hydrogen) atoms. The lowest BCUT2D eigenvalue weighted by molar-refractivity contribution is 0.0783. The molecule has 1 amide bonds. The first-order valence-electron chi connectivity index (χ1n) is 6.66. The molecule has 0 atom stereocenters. The van der Waals surface area contributed by atoms with Gasteiger partial charge in [-0.3, -0.25) is 9.20 Å². The molecule has 0 fully saturated rings. The van der Waals surface area contributed by atoms with Gasteiger partial charge in [-0.15, -0.1) is 13.2 Å². The number of nitrogens with zero attached hydrogens (tertiary/aromatic N) is 3. The number of aryl methyl sites for hydroxylation is 1. The smallest absolute Gasteiger partial charge is 0.273 e. The molecule has 0 aliphatic rings. The Morgan fingerprint density at radius 3 is 2.67 bits per heavy atom. The summed E-state index contributed by atoms with van der Waals surface area (Å²) in [6.45, 7) is 10.1. The van der Waals surface area contributed by atoms with E-state index >= 15 is 0 Å². The Morgan fingerprint density at radius 1 is 1.43 bits per heavy atom. The molecule has 0 aliphatic heterocycles. The van der Waals surface area contributed by atoms with Crippen molar-refractivity contribution in [2.75, 3.05) is 20.2 Å². The van der Waals surface area contributed by atoms with Crippen molar-refractivity contribution in [3.8, 4) is 5.75 Å². The molecular weight excluding hydrogens is 266 g/mol. The number of carbonyl (C=O) groups is 1. The number of hydrogen-bond acceptors (Lipinski definition) is 3. The van der Waals surface area contributed by atoms with Crippen molar-refractivity contribution in [2.24, 2.45) is 0 Å². The molecule has 110 valence electrons. The zero-order valence-electron chi connectivity index (χ0n) is 12.4. The van der Waals surface area contributed by atoms with E-state index in [2.05, 4.69) is 18.1 Å². The molecule has 0 saturated carbocycles. The van der Waals surface area contributed by atoms with Crippen molar-refractivity contribution in [3.05, 3.63) is 55.0 Å². The molecule has 0 saturated heterocycles. The molecular formula is C16H19N3O2. The van der Waals surface area contributed by atoms with Crippen molar-refractivity contribution < 1.29 is 9.53 Å². The van der Waals surface area contributed by atoms with Crippen LogP contribution in [0.2, 0.25) is 0 Å². The predicted octanol–water partition coefficient (Wildman–Crippen LogP) is 2.47. The molecule has 2 aromatic heterocycles. The molecule has 5 heteroatoms. The minimum atomic E-state index is -0.104. The number of carbonyl (C=O) groups excluding carboxylic acids is 1. The largest absolute Gasteiger partial charge is 0.493 e. The second-order valence-electron chi connectivity index (χ2n) is 4.60. The van der Waals surface area contributed by atoms with E-state index in [1.54, 1.807) is 28.6 Å². The van der Waals surface area contributed by atoms with Crippen molar-refractivity contribution in [1.29, 1.82) is 0 Å². The zero-order chi connectivity index (χ0) is 15.4. The predicted molar refractivity (Wildman–Crippen MR) is 82.8 cm³/mol. The highest BCUT2D eigenvalue weighted by Gasteiger charge is 2.22. The van der Waals surface area contributed by atoms with E-state index in [0.29, 0.717) is 35.9 Å². The Morgan fingerprint density at radius 2 is 2.10 bits per heavy atom. The highest BCUT2D eigenvalue weighted by atomic mass is 16.5. The minimum absolute atomic E-state index is 0.104. The molecule has 0 aliphatic carbocycles. The number of rotatable bonds is 6. The number of pyridine rings is 1. The summed E-state index contributed by atoms with van der Waals surface area (Å²) in [7, 11) is 1.59. The van der Waals surface area contributed by atoms with Crippen LogP contribution in [-0.4, -0.2) is 40.4 Å². The second kappa shape index (κ2) is 6.26. The third kappa shape index (κ3) is 2.67. The summed E-state index contributed by atoms with van der Waals surface area (Å²) >= 11 is 0. The molecule has 0 bridgehead atoms. The molecule has 5 nitrogen and oxygen atoms in total. The number of ether oxygens (including phenoxy) is 1. The fourth-order valence-corrected chi connectivity index (χ4v) is 2.27. The van der Waals surface area contributed by atoms with Crippen molar-refractivity contribution in [1.82, 2.24) is 14.3 Å². The Hall–Kier alpha value is -2.56. The zero-order valence-corrected chi connectivity index (χ0v) is 12.4. The van der Waals surface area contributed by atoms with Crippen molar-refractivity contribution in [3.63, 3.8) is 0 Å². The van der Waals surface area contributed by atoms with Crippen LogP contribution in [0.3, 0.4) is 0 Å². The fraction of sp³-hybridized carbons (Fsp3) is 0.250. The number of amides is 1. The van der Waals surface area contributed by atoms with Crippen LogP contribution in [0.1, 0.15) is 16.2 Å². The van der Waals surface area contributed by atoms with Crippen LogP contribution in [0.15, 0.2) is 43.6 Å². The topological polar surface area (TPSA) is 46.8 Å². The van der Waals surface area contributed by atoms with Gasteiger partial charge in [-0.05, 0) is 19.1 Å². The second-order valence-corrected chi connectivity index (χ2v) is 4.60. The average Bonchev–Trinajstić information content (AvgIpc) is 2.82. The Balaban J connectivity index is 2.54. The van der Waals surface area contributed by atoms with E-state index in [0.717, 1.165) is 0 Å². The van der Waals surface area contributed by atoms with Crippen LogP contribution in [0.5, 0.6) is 5.75 Å². The lowest BCUT2D eigenvalue weighted by atomic mass is 10.3. The third-order valence-corrected chi connectivity index (χ3v) is 3.20. The van der Waals surface area contributed by atoms with Gasteiger partial charge in [-0.25, -0.2) is 4.98 Å². The number of imidazole rings is 1. The van der Waals surface area contributed by atoms with Gasteiger partial charge in [0.1, 0.15) is 5.69 Å². The standard InChI is InChI=1S/C16H19N3O2/c1-5-9-18(10-6-2)16(20)14-12(3)17-15-13(21-4)8-7-11-19(14)15/h5-8,11H,1-2,9-10H2,3-4H3. The quantitative estimate of drug-likeness (QED) is 0.766. The van der Waals surface area contributed by atoms with Crippen LogP contribution >= 0.6 is 0 Å². The van der Waals surface area contributed by atoms with Gasteiger partial charge in [0, 0.05) is 19.3 Å². The van der Waals surface area contributed by atoms with Gasteiger partial charge in [0.2, 0.25) is 0 Å². The third-order valence-electron chi connectivity index (χ3n) is 3.20. The maximum Gasteiger partial charge on any atom is 0.273 e. The van der Waals surface area contributed by atoms with E-state index in [1.165, 1.54) is 0 Å². The highest BCUT2D eigenvalue weighted by Crippen LogP contribution is 2.22. The summed E-state index contributed by atoms with van der Waals surface area (Å²) in [4.78, 5) is 18.9. The van der Waals surface area contributed by atoms with E-state index in [4.69, 9.17) is 4.74 Å². The van der Waals surface area contributed by atoms with Gasteiger partial charge in [0.05, 0.1) is 12.8 Å². The van der Waals surface area contributed by atoms with Crippen LogP contribution < -0.4 is 4.74 Å². The van der Waals surface area contributed by atoms with Crippen LogP contribution in [0, 0.1) is 6.92 Å². The van der Waals surface area contributed by atoms with E-state index in [9.17, 15) is 4.79 Å². The molecule has 0 radical (unpaired) electrons. The van der Waals surface area contributed by atoms with Gasteiger partial charge >= 0.3 is 0 Å². The molecule has 2 aromatic rings. The maximum atomic E-state index is 12.7. The van der Waals surface area contributed by atoms with Crippen molar-refractivity contribution >= 4 is 11.6 Å². The van der Waals surface area contributed by atoms with E-state index in [1.807, 2.05) is 25.3 Å². The Labute approximate surface area is 124 Å². The number of aromatic nitrogens is 2. The molecule has 0 spiro atoms. The van der Waals surface area contributed by atoms with Crippen LogP contribution in [0.4, 0.5) is 0 Å². The summed E-state index contributed by atoms with van der Waals surface area (Å²) in [5.74, 6) is 0.534. The normalized spacial score (nSPS) is 10.4. The number of methoxy groups -OCH3 is 1.